The van der Waals surface area contributed by atoms with Crippen molar-refractivity contribution in [3.05, 3.63) is 21.6 Å². The average Bonchev–Trinajstić information content (AvgIpc) is 2.49. The van der Waals surface area contributed by atoms with Gasteiger partial charge in [0.25, 0.3) is 5.56 Å². The highest BCUT2D eigenvalue weighted by Gasteiger charge is 2.11. The fourth-order valence-corrected chi connectivity index (χ4v) is 1.60. The summed E-state index contributed by atoms with van der Waals surface area (Å²) >= 11 is 5.94. The lowest BCUT2D eigenvalue weighted by molar-refractivity contribution is -0.141. The van der Waals surface area contributed by atoms with Crippen LogP contribution in [0.1, 0.15) is 0 Å². The zero-order valence-electron chi connectivity index (χ0n) is 11.9. The molecule has 0 aromatic carbocycles. The molecule has 1 rings (SSSR count). The minimum absolute atomic E-state index is 0.0363. The summed E-state index contributed by atoms with van der Waals surface area (Å²) in [5, 5.41) is 6.75. The molecule has 21 heavy (non-hydrogen) atoms. The van der Waals surface area contributed by atoms with E-state index in [0.29, 0.717) is 32.1 Å². The topological polar surface area (TPSA) is 91.7 Å². The van der Waals surface area contributed by atoms with Gasteiger partial charge in [0.05, 0.1) is 38.8 Å². The van der Waals surface area contributed by atoms with E-state index in [2.05, 4.69) is 15.2 Å². The van der Waals surface area contributed by atoms with Gasteiger partial charge in [-0.25, -0.2) is 4.68 Å². The number of hydrogen-bond donors (Lipinski definition) is 1. The van der Waals surface area contributed by atoms with Gasteiger partial charge in [0, 0.05) is 13.7 Å². The van der Waals surface area contributed by atoms with Crippen LogP contribution in [0.3, 0.4) is 0 Å². The van der Waals surface area contributed by atoms with Gasteiger partial charge in [-0.3, -0.25) is 9.59 Å². The van der Waals surface area contributed by atoms with Gasteiger partial charge < -0.3 is 19.5 Å². The Hall–Kier alpha value is -1.64. The maximum Gasteiger partial charge on any atom is 0.327 e. The van der Waals surface area contributed by atoms with E-state index in [1.165, 1.54) is 13.3 Å². The van der Waals surface area contributed by atoms with Crippen LogP contribution in [0.15, 0.2) is 11.0 Å². The molecule has 9 heteroatoms. The molecule has 0 atom stereocenters. The fourth-order valence-electron chi connectivity index (χ4n) is 1.39. The third kappa shape index (κ3) is 5.70. The summed E-state index contributed by atoms with van der Waals surface area (Å²) in [6, 6.07) is 0. The number of nitrogens with zero attached hydrogens (tertiary/aromatic N) is 2. The number of methoxy groups -OCH3 is 2. The smallest absolute Gasteiger partial charge is 0.327 e. The number of carbonyl (C=O) groups is 1. The minimum atomic E-state index is -0.576. The second kappa shape index (κ2) is 9.32. The first-order chi connectivity index (χ1) is 10.1. The summed E-state index contributed by atoms with van der Waals surface area (Å²) < 4.78 is 15.5. The van der Waals surface area contributed by atoms with Crippen molar-refractivity contribution in [1.82, 2.24) is 9.78 Å². The normalized spacial score (nSPS) is 10.4. The van der Waals surface area contributed by atoms with Crippen molar-refractivity contribution in [2.45, 2.75) is 6.54 Å². The number of carbonyl (C=O) groups excluding carboxylic acids is 1. The predicted molar refractivity (Wildman–Crippen MR) is 76.7 cm³/mol. The van der Waals surface area contributed by atoms with E-state index >= 15 is 0 Å². The predicted octanol–water partition coefficient (Wildman–Crippen LogP) is 0.145. The van der Waals surface area contributed by atoms with Gasteiger partial charge in [-0.15, -0.1) is 0 Å². The molecule has 0 saturated heterocycles. The number of halogens is 1. The standard InChI is InChI=1S/C12H18ClN3O5/c1-19-5-6-21-4-3-14-9-7-15-16(8-10(17)20-2)12(18)11(9)13/h7,14H,3-6,8H2,1-2H3. The van der Waals surface area contributed by atoms with Gasteiger partial charge in [-0.1, -0.05) is 11.6 Å². The minimum Gasteiger partial charge on any atom is -0.468 e. The first-order valence-electron chi connectivity index (χ1n) is 6.23. The molecule has 0 unspecified atom stereocenters. The van der Waals surface area contributed by atoms with E-state index in [0.717, 1.165) is 4.68 Å². The Morgan fingerprint density at radius 1 is 1.38 bits per heavy atom. The summed E-state index contributed by atoms with van der Waals surface area (Å²) in [4.78, 5) is 23.0. The number of esters is 1. The third-order valence-electron chi connectivity index (χ3n) is 2.49. The molecule has 0 aliphatic rings. The highest BCUT2D eigenvalue weighted by Crippen LogP contribution is 2.14. The second-order valence-electron chi connectivity index (χ2n) is 3.94. The van der Waals surface area contributed by atoms with Crippen molar-refractivity contribution in [2.75, 3.05) is 45.9 Å². The number of anilines is 1. The molecule has 0 amide bonds. The molecule has 0 spiro atoms. The molecule has 0 saturated carbocycles. The Kier molecular flexibility index (Phi) is 7.73. The molecular formula is C12H18ClN3O5. The summed E-state index contributed by atoms with van der Waals surface area (Å²) in [5.41, 5.74) is -0.175. The van der Waals surface area contributed by atoms with Crippen LogP contribution in [-0.4, -0.2) is 56.3 Å². The zero-order chi connectivity index (χ0) is 15.7. The van der Waals surface area contributed by atoms with Crippen LogP contribution in [0.5, 0.6) is 0 Å². The SMILES string of the molecule is COCCOCCNc1cnn(CC(=O)OC)c(=O)c1Cl. The largest absolute Gasteiger partial charge is 0.468 e. The van der Waals surface area contributed by atoms with E-state index in [4.69, 9.17) is 21.1 Å². The van der Waals surface area contributed by atoms with Crippen LogP contribution in [0.4, 0.5) is 5.69 Å². The van der Waals surface area contributed by atoms with Crippen molar-refractivity contribution < 1.29 is 19.0 Å². The first kappa shape index (κ1) is 17.4. The Balaban J connectivity index is 2.55. The molecule has 1 N–H and O–H groups in total. The maximum absolute atomic E-state index is 11.9. The maximum atomic E-state index is 11.9. The second-order valence-corrected chi connectivity index (χ2v) is 4.32. The molecule has 0 radical (unpaired) electrons. The quantitative estimate of drug-likeness (QED) is 0.511. The Bertz CT molecular complexity index is 520. The molecule has 1 heterocycles. The van der Waals surface area contributed by atoms with Crippen LogP contribution < -0.4 is 10.9 Å². The van der Waals surface area contributed by atoms with Crippen molar-refractivity contribution >= 4 is 23.3 Å². The van der Waals surface area contributed by atoms with E-state index in [-0.39, 0.29) is 11.6 Å². The lowest BCUT2D eigenvalue weighted by Crippen LogP contribution is -2.28. The number of aromatic nitrogens is 2. The van der Waals surface area contributed by atoms with Crippen molar-refractivity contribution in [1.29, 1.82) is 0 Å². The molecule has 0 aliphatic heterocycles. The Morgan fingerprint density at radius 2 is 2.14 bits per heavy atom. The van der Waals surface area contributed by atoms with Crippen LogP contribution >= 0.6 is 11.6 Å². The average molecular weight is 320 g/mol. The molecule has 118 valence electrons. The summed E-state index contributed by atoms with van der Waals surface area (Å²) in [6.45, 7) is 1.63. The van der Waals surface area contributed by atoms with Gasteiger partial charge >= 0.3 is 5.97 Å². The molecule has 0 fully saturated rings. The Labute approximate surface area is 126 Å². The third-order valence-corrected chi connectivity index (χ3v) is 2.85. The monoisotopic (exact) mass is 319 g/mol. The highest BCUT2D eigenvalue weighted by atomic mass is 35.5. The molecule has 1 aromatic heterocycles. The van der Waals surface area contributed by atoms with Crippen LogP contribution in [0, 0.1) is 0 Å². The highest BCUT2D eigenvalue weighted by molar-refractivity contribution is 6.32. The van der Waals surface area contributed by atoms with E-state index in [9.17, 15) is 9.59 Å². The van der Waals surface area contributed by atoms with Gasteiger partial charge in [-0.2, -0.15) is 5.10 Å². The fraction of sp³-hybridized carbons (Fsp3) is 0.583. The molecule has 0 aliphatic carbocycles. The summed E-state index contributed by atoms with van der Waals surface area (Å²) in [5.74, 6) is -0.576. The lowest BCUT2D eigenvalue weighted by atomic mass is 10.4. The van der Waals surface area contributed by atoms with Crippen LogP contribution in [-0.2, 0) is 25.5 Å². The van der Waals surface area contributed by atoms with Crippen molar-refractivity contribution in [2.24, 2.45) is 0 Å². The van der Waals surface area contributed by atoms with Crippen molar-refractivity contribution in [3.8, 4) is 0 Å². The number of hydrogen-bond acceptors (Lipinski definition) is 7. The van der Waals surface area contributed by atoms with Crippen LogP contribution in [0.2, 0.25) is 5.02 Å². The van der Waals surface area contributed by atoms with E-state index in [1.807, 2.05) is 0 Å². The summed E-state index contributed by atoms with van der Waals surface area (Å²) in [7, 11) is 2.82. The molecule has 0 bridgehead atoms. The van der Waals surface area contributed by atoms with Gasteiger partial charge in [0.15, 0.2) is 0 Å². The number of ether oxygens (including phenoxy) is 3. The zero-order valence-corrected chi connectivity index (χ0v) is 12.7. The van der Waals surface area contributed by atoms with E-state index in [1.54, 1.807) is 7.11 Å². The van der Waals surface area contributed by atoms with Crippen molar-refractivity contribution in [3.63, 3.8) is 0 Å². The van der Waals surface area contributed by atoms with Crippen LogP contribution in [0.25, 0.3) is 0 Å². The molecule has 8 nitrogen and oxygen atoms in total. The Morgan fingerprint density at radius 3 is 2.81 bits per heavy atom. The number of rotatable bonds is 9. The van der Waals surface area contributed by atoms with E-state index < -0.39 is 11.5 Å². The first-order valence-corrected chi connectivity index (χ1v) is 6.61. The molecule has 1 aromatic rings. The van der Waals surface area contributed by atoms with Gasteiger partial charge in [-0.05, 0) is 0 Å². The van der Waals surface area contributed by atoms with Gasteiger partial charge in [0.2, 0.25) is 0 Å². The number of nitrogens with one attached hydrogen (secondary N) is 1. The summed E-state index contributed by atoms with van der Waals surface area (Å²) in [6.07, 6.45) is 1.38. The lowest BCUT2D eigenvalue weighted by Gasteiger charge is -2.10. The van der Waals surface area contributed by atoms with Gasteiger partial charge in [0.1, 0.15) is 11.6 Å². The molecular weight excluding hydrogens is 302 g/mol.